The van der Waals surface area contributed by atoms with Gasteiger partial charge in [-0.1, -0.05) is 24.3 Å². The molecule has 0 aromatic heterocycles. The Labute approximate surface area is 148 Å². The summed E-state index contributed by atoms with van der Waals surface area (Å²) in [5.74, 6) is -0.253. The predicted molar refractivity (Wildman–Crippen MR) is 95.9 cm³/mol. The van der Waals surface area contributed by atoms with Crippen molar-refractivity contribution in [2.75, 3.05) is 6.54 Å². The molecular weight excluding hydrogens is 317 g/mol. The smallest absolute Gasteiger partial charge is 0.254 e. The lowest BCUT2D eigenvalue weighted by atomic mass is 9.93. The molecule has 3 nitrogen and oxygen atoms in total. The molecule has 1 saturated heterocycles. The fourth-order valence-corrected chi connectivity index (χ4v) is 3.09. The number of aryl methyl sites for hydroxylation is 1. The van der Waals surface area contributed by atoms with E-state index in [0.29, 0.717) is 12.0 Å². The zero-order valence-corrected chi connectivity index (χ0v) is 14.7. The highest BCUT2D eigenvalue weighted by atomic mass is 19.1. The van der Waals surface area contributed by atoms with Gasteiger partial charge < -0.3 is 10.0 Å². The van der Waals surface area contributed by atoms with Crippen LogP contribution in [0.5, 0.6) is 0 Å². The van der Waals surface area contributed by atoms with Crippen molar-refractivity contribution >= 4 is 5.91 Å². The van der Waals surface area contributed by atoms with E-state index in [0.717, 1.165) is 30.5 Å². The molecule has 0 aliphatic carbocycles. The van der Waals surface area contributed by atoms with E-state index in [4.69, 9.17) is 0 Å². The molecule has 1 amide bonds. The van der Waals surface area contributed by atoms with Crippen LogP contribution in [0.25, 0.3) is 0 Å². The standard InChI is InChI=1S/C21H24FNO2/c1-21(2,25)13-11-15-3-5-17(6-4-15)20(24)23-14-12-19(23)16-7-9-18(22)10-8-16/h3-10,19,25H,11-14H2,1-2H3/t19-/m1/s1. The van der Waals surface area contributed by atoms with E-state index in [9.17, 15) is 14.3 Å². The van der Waals surface area contributed by atoms with Crippen molar-refractivity contribution in [1.29, 1.82) is 0 Å². The largest absolute Gasteiger partial charge is 0.390 e. The van der Waals surface area contributed by atoms with Crippen molar-refractivity contribution < 1.29 is 14.3 Å². The molecule has 2 aromatic rings. The molecule has 1 atom stereocenters. The molecular formula is C21H24FNO2. The molecule has 2 aromatic carbocycles. The first-order valence-corrected chi connectivity index (χ1v) is 8.71. The minimum absolute atomic E-state index is 0.00890. The lowest BCUT2D eigenvalue weighted by molar-refractivity contribution is 0.0460. The third-order valence-corrected chi connectivity index (χ3v) is 4.76. The molecule has 1 heterocycles. The molecule has 132 valence electrons. The van der Waals surface area contributed by atoms with Crippen LogP contribution in [0.4, 0.5) is 4.39 Å². The number of benzene rings is 2. The van der Waals surface area contributed by atoms with Crippen LogP contribution in [0.1, 0.15) is 54.2 Å². The summed E-state index contributed by atoms with van der Waals surface area (Å²) in [5, 5.41) is 9.80. The number of nitrogens with zero attached hydrogens (tertiary/aromatic N) is 1. The molecule has 1 aliphatic rings. The minimum atomic E-state index is -0.686. The second kappa shape index (κ2) is 6.96. The molecule has 0 saturated carbocycles. The van der Waals surface area contributed by atoms with Crippen molar-refractivity contribution in [2.24, 2.45) is 0 Å². The predicted octanol–water partition coefficient (Wildman–Crippen LogP) is 4.12. The van der Waals surface area contributed by atoms with Crippen LogP contribution in [0, 0.1) is 5.82 Å². The number of rotatable bonds is 5. The first-order valence-electron chi connectivity index (χ1n) is 8.71. The van der Waals surface area contributed by atoms with E-state index in [1.165, 1.54) is 12.1 Å². The maximum absolute atomic E-state index is 13.1. The van der Waals surface area contributed by atoms with Crippen molar-refractivity contribution in [3.63, 3.8) is 0 Å². The quantitative estimate of drug-likeness (QED) is 0.889. The van der Waals surface area contributed by atoms with Gasteiger partial charge in [0.05, 0.1) is 11.6 Å². The average molecular weight is 341 g/mol. The summed E-state index contributed by atoms with van der Waals surface area (Å²) < 4.78 is 13.1. The van der Waals surface area contributed by atoms with E-state index in [-0.39, 0.29) is 17.8 Å². The number of carbonyl (C=O) groups excluding carboxylic acids is 1. The van der Waals surface area contributed by atoms with Gasteiger partial charge >= 0.3 is 0 Å². The first-order chi connectivity index (χ1) is 11.8. The van der Waals surface area contributed by atoms with Gasteiger partial charge in [-0.05, 0) is 68.5 Å². The molecule has 3 rings (SSSR count). The van der Waals surface area contributed by atoms with Crippen molar-refractivity contribution in [3.8, 4) is 0 Å². The van der Waals surface area contributed by atoms with Gasteiger partial charge in [0.2, 0.25) is 0 Å². The number of hydrogen-bond acceptors (Lipinski definition) is 2. The summed E-state index contributed by atoms with van der Waals surface area (Å²) >= 11 is 0. The topological polar surface area (TPSA) is 40.5 Å². The van der Waals surface area contributed by atoms with E-state index in [1.807, 2.05) is 29.2 Å². The Kier molecular flexibility index (Phi) is 4.91. The molecule has 1 fully saturated rings. The highest BCUT2D eigenvalue weighted by Crippen LogP contribution is 2.34. The van der Waals surface area contributed by atoms with Gasteiger partial charge in [0.25, 0.3) is 5.91 Å². The highest BCUT2D eigenvalue weighted by Gasteiger charge is 2.33. The first kappa shape index (κ1) is 17.6. The number of hydrogen-bond donors (Lipinski definition) is 1. The maximum Gasteiger partial charge on any atom is 0.254 e. The van der Waals surface area contributed by atoms with Crippen LogP contribution < -0.4 is 0 Å². The summed E-state index contributed by atoms with van der Waals surface area (Å²) in [4.78, 5) is 14.6. The number of carbonyl (C=O) groups is 1. The van der Waals surface area contributed by atoms with Crippen LogP contribution in [-0.4, -0.2) is 28.1 Å². The van der Waals surface area contributed by atoms with E-state index >= 15 is 0 Å². The van der Waals surface area contributed by atoms with Crippen LogP contribution >= 0.6 is 0 Å². The summed E-state index contributed by atoms with van der Waals surface area (Å²) in [7, 11) is 0. The Bertz CT molecular complexity index is 732. The van der Waals surface area contributed by atoms with Crippen LogP contribution in [0.15, 0.2) is 48.5 Å². The molecule has 1 aliphatic heterocycles. The summed E-state index contributed by atoms with van der Waals surface area (Å²) in [6.45, 7) is 4.32. The molecule has 25 heavy (non-hydrogen) atoms. The lowest BCUT2D eigenvalue weighted by Gasteiger charge is -2.41. The fraction of sp³-hybridized carbons (Fsp3) is 0.381. The zero-order chi connectivity index (χ0) is 18.0. The third kappa shape index (κ3) is 4.26. The van der Waals surface area contributed by atoms with E-state index in [1.54, 1.807) is 26.0 Å². The average Bonchev–Trinajstić information content (AvgIpc) is 2.54. The fourth-order valence-electron chi connectivity index (χ4n) is 3.09. The van der Waals surface area contributed by atoms with Gasteiger partial charge in [0.15, 0.2) is 0 Å². The Morgan fingerprint density at radius 2 is 1.80 bits per heavy atom. The van der Waals surface area contributed by atoms with Crippen molar-refractivity contribution in [2.45, 2.75) is 44.8 Å². The van der Waals surface area contributed by atoms with Crippen molar-refractivity contribution in [3.05, 3.63) is 71.0 Å². The van der Waals surface area contributed by atoms with Gasteiger partial charge in [-0.3, -0.25) is 4.79 Å². The Hall–Kier alpha value is -2.20. The molecule has 0 bridgehead atoms. The van der Waals surface area contributed by atoms with Gasteiger partial charge in [-0.25, -0.2) is 4.39 Å². The summed E-state index contributed by atoms with van der Waals surface area (Å²) in [6.07, 6.45) is 2.36. The lowest BCUT2D eigenvalue weighted by Crippen LogP contribution is -2.45. The van der Waals surface area contributed by atoms with E-state index in [2.05, 4.69) is 0 Å². The number of amides is 1. The second-order valence-corrected chi connectivity index (χ2v) is 7.36. The Morgan fingerprint density at radius 3 is 2.32 bits per heavy atom. The van der Waals surface area contributed by atoms with Gasteiger partial charge in [-0.2, -0.15) is 0 Å². The normalized spacial score (nSPS) is 17.3. The van der Waals surface area contributed by atoms with Crippen LogP contribution in [0.3, 0.4) is 0 Å². The Balaban J connectivity index is 1.65. The SMILES string of the molecule is CC(C)(O)CCc1ccc(C(=O)N2CC[C@@H]2c2ccc(F)cc2)cc1. The minimum Gasteiger partial charge on any atom is -0.390 e. The maximum atomic E-state index is 13.1. The Morgan fingerprint density at radius 1 is 1.16 bits per heavy atom. The monoisotopic (exact) mass is 341 g/mol. The van der Waals surface area contributed by atoms with Gasteiger partial charge in [0, 0.05) is 12.1 Å². The molecule has 0 unspecified atom stereocenters. The number of aliphatic hydroxyl groups is 1. The van der Waals surface area contributed by atoms with Gasteiger partial charge in [-0.15, -0.1) is 0 Å². The van der Waals surface area contributed by atoms with E-state index < -0.39 is 5.60 Å². The summed E-state index contributed by atoms with van der Waals surface area (Å²) in [5.41, 5.74) is 2.06. The van der Waals surface area contributed by atoms with Gasteiger partial charge in [0.1, 0.15) is 5.82 Å². The highest BCUT2D eigenvalue weighted by molar-refractivity contribution is 5.95. The third-order valence-electron chi connectivity index (χ3n) is 4.76. The number of halogens is 1. The molecule has 4 heteroatoms. The van der Waals surface area contributed by atoms with Crippen LogP contribution in [-0.2, 0) is 6.42 Å². The van der Waals surface area contributed by atoms with Crippen LogP contribution in [0.2, 0.25) is 0 Å². The second-order valence-electron chi connectivity index (χ2n) is 7.36. The molecule has 1 N–H and O–H groups in total. The summed E-state index contributed by atoms with van der Waals surface area (Å²) in [6, 6.07) is 14.0. The van der Waals surface area contributed by atoms with Crippen molar-refractivity contribution in [1.82, 2.24) is 4.90 Å². The molecule has 0 spiro atoms. The molecule has 0 radical (unpaired) electrons. The zero-order valence-electron chi connectivity index (χ0n) is 14.7. The number of likely N-dealkylation sites (tertiary alicyclic amines) is 1.